The fourth-order valence-corrected chi connectivity index (χ4v) is 7.51. The molecule has 65 heavy (non-hydrogen) atoms. The van der Waals surface area contributed by atoms with E-state index < -0.39 is 20.0 Å². The van der Waals surface area contributed by atoms with Gasteiger partial charge in [-0.2, -0.15) is 0 Å². The van der Waals surface area contributed by atoms with Gasteiger partial charge in [-0.05, 0) is 89.5 Å². The number of hydrogen-bond donors (Lipinski definition) is 2. The van der Waals surface area contributed by atoms with Gasteiger partial charge in [0.15, 0.2) is 0 Å². The summed E-state index contributed by atoms with van der Waals surface area (Å²) in [7, 11) is 1.44. The quantitative estimate of drug-likeness (QED) is 0.0206. The van der Waals surface area contributed by atoms with Gasteiger partial charge in [-0.3, -0.25) is 18.6 Å². The topological polar surface area (TPSA) is 111 Å². The third kappa shape index (κ3) is 46.1. The molecule has 0 saturated heterocycles. The molecule has 0 radical (unpaired) electrons. The molecule has 9 nitrogen and oxygen atoms in total. The van der Waals surface area contributed by atoms with Gasteiger partial charge in [0, 0.05) is 12.8 Å². The van der Waals surface area contributed by atoms with Gasteiger partial charge in [0.2, 0.25) is 5.91 Å². The predicted molar refractivity (Wildman–Crippen MR) is 277 cm³/mol. The van der Waals surface area contributed by atoms with Gasteiger partial charge >= 0.3 is 13.8 Å². The minimum atomic E-state index is -4.46. The van der Waals surface area contributed by atoms with Crippen LogP contribution in [0.3, 0.4) is 0 Å². The summed E-state index contributed by atoms with van der Waals surface area (Å²) >= 11 is 0. The molecule has 0 aliphatic heterocycles. The minimum Gasteiger partial charge on any atom is -0.456 e. The van der Waals surface area contributed by atoms with E-state index in [0.717, 1.165) is 103 Å². The summed E-state index contributed by atoms with van der Waals surface area (Å²) < 4.78 is 30.4. The Balaban J connectivity index is 5.51. The lowest BCUT2D eigenvalue weighted by molar-refractivity contribution is -0.870. The summed E-state index contributed by atoms with van der Waals surface area (Å²) in [5.74, 6) is -0.594. The highest BCUT2D eigenvalue weighted by Crippen LogP contribution is 2.43. The Morgan fingerprint density at radius 3 is 1.57 bits per heavy atom. The van der Waals surface area contributed by atoms with Crippen molar-refractivity contribution in [3.8, 4) is 0 Å². The van der Waals surface area contributed by atoms with E-state index in [9.17, 15) is 19.0 Å². The Morgan fingerprint density at radius 2 is 1.02 bits per heavy atom. The Bertz CT molecular complexity index is 1390. The largest absolute Gasteiger partial charge is 0.472 e. The summed E-state index contributed by atoms with van der Waals surface area (Å²) in [6.45, 7) is 6.77. The number of phosphoric ester groups is 1. The monoisotopic (exact) mass is 930 g/mol. The molecule has 1 amide bonds. The minimum absolute atomic E-state index is 0.0246. The van der Waals surface area contributed by atoms with E-state index >= 15 is 0 Å². The van der Waals surface area contributed by atoms with Crippen LogP contribution in [-0.2, 0) is 27.9 Å². The van der Waals surface area contributed by atoms with Crippen LogP contribution in [0.1, 0.15) is 201 Å². The molecule has 3 unspecified atom stereocenters. The summed E-state index contributed by atoms with van der Waals surface area (Å²) in [5, 5.41) is 2.99. The highest BCUT2D eigenvalue weighted by atomic mass is 31.2. The second kappa shape index (κ2) is 45.0. The number of unbranched alkanes of at least 4 members (excludes halogenated alkanes) is 17. The summed E-state index contributed by atoms with van der Waals surface area (Å²) in [6, 6.07) is -0.882. The molecule has 0 aliphatic rings. The smallest absolute Gasteiger partial charge is 0.456 e. The first-order valence-electron chi connectivity index (χ1n) is 25.9. The second-order valence-electron chi connectivity index (χ2n) is 18.3. The molecular formula is C55H98N2O7P+. The van der Waals surface area contributed by atoms with Gasteiger partial charge in [0.1, 0.15) is 19.3 Å². The molecule has 2 N–H and O–H groups in total. The lowest BCUT2D eigenvalue weighted by atomic mass is 10.1. The molecule has 0 spiro atoms. The average Bonchev–Trinajstić information content (AvgIpc) is 3.26. The number of likely N-dealkylation sites (N-methyl/N-ethyl adjacent to an activating group) is 1. The number of amides is 1. The number of hydrogen-bond acceptors (Lipinski definition) is 6. The van der Waals surface area contributed by atoms with E-state index in [1.165, 1.54) is 57.8 Å². The molecule has 0 aromatic heterocycles. The normalized spacial score (nSPS) is 14.6. The van der Waals surface area contributed by atoms with Crippen molar-refractivity contribution in [2.75, 3.05) is 40.9 Å². The van der Waals surface area contributed by atoms with Crippen LogP contribution < -0.4 is 5.32 Å². The molecule has 374 valence electrons. The number of rotatable bonds is 45. The Labute approximate surface area is 399 Å². The van der Waals surface area contributed by atoms with Crippen molar-refractivity contribution in [1.29, 1.82) is 0 Å². The third-order valence-corrected chi connectivity index (χ3v) is 11.8. The maximum atomic E-state index is 13.4. The van der Waals surface area contributed by atoms with E-state index in [-0.39, 0.29) is 37.9 Å². The fourth-order valence-electron chi connectivity index (χ4n) is 6.78. The number of carbonyl (C=O) groups is 2. The molecule has 0 heterocycles. The molecule has 0 bridgehead atoms. The van der Waals surface area contributed by atoms with Crippen LogP contribution in [0, 0.1) is 0 Å². The van der Waals surface area contributed by atoms with Gasteiger partial charge < -0.3 is 19.4 Å². The van der Waals surface area contributed by atoms with E-state index in [0.29, 0.717) is 17.4 Å². The van der Waals surface area contributed by atoms with Crippen LogP contribution in [0.15, 0.2) is 85.1 Å². The van der Waals surface area contributed by atoms with Crippen LogP contribution in [0.5, 0.6) is 0 Å². The standard InChI is InChI=1S/C55H97N2O7P/c1-7-10-13-16-19-22-25-26-27-28-29-30-33-35-38-41-44-47-54(58)56-52(51-63-65(60,61)62-50-49-57(4,5)6)53(46-43-40-37-34-31-23-20-17-14-11-8-2)64-55(59)48-45-42-39-36-32-24-21-18-15-12-9-3/h10,13,18-19,21-22,26-27,29-30,35,38,43,46,52-53H,7-9,11-12,14-17,20,23-25,28,31-34,36-37,39-42,44-45,47-51H2,1-6H3,(H-,56,58,60,61)/p+1/b13-10-,21-18-,22-19-,27-26-,30-29-,38-35-,46-43-. The lowest BCUT2D eigenvalue weighted by Gasteiger charge is -2.27. The zero-order valence-corrected chi connectivity index (χ0v) is 43.3. The number of quaternary nitrogens is 1. The first-order chi connectivity index (χ1) is 31.4. The van der Waals surface area contributed by atoms with Crippen molar-refractivity contribution >= 4 is 19.7 Å². The van der Waals surface area contributed by atoms with Crippen molar-refractivity contribution in [2.24, 2.45) is 0 Å². The van der Waals surface area contributed by atoms with E-state index in [4.69, 9.17) is 13.8 Å². The molecule has 3 atom stereocenters. The third-order valence-electron chi connectivity index (χ3n) is 10.8. The lowest BCUT2D eigenvalue weighted by Crippen LogP contribution is -2.47. The Hall–Kier alpha value is -2.81. The molecule has 0 aliphatic carbocycles. The van der Waals surface area contributed by atoms with Crippen molar-refractivity contribution in [3.05, 3.63) is 85.1 Å². The number of esters is 1. The van der Waals surface area contributed by atoms with Crippen molar-refractivity contribution in [1.82, 2.24) is 5.32 Å². The number of nitrogens with zero attached hydrogens (tertiary/aromatic N) is 1. The molecule has 0 rings (SSSR count). The number of phosphoric acid groups is 1. The zero-order chi connectivity index (χ0) is 48.0. The van der Waals surface area contributed by atoms with Crippen LogP contribution in [0.25, 0.3) is 0 Å². The number of carbonyl (C=O) groups excluding carboxylic acids is 2. The van der Waals surface area contributed by atoms with Gasteiger partial charge in [0.25, 0.3) is 0 Å². The molecule has 0 saturated carbocycles. The van der Waals surface area contributed by atoms with Gasteiger partial charge in [-0.25, -0.2) is 4.57 Å². The summed E-state index contributed by atoms with van der Waals surface area (Å²) in [6.07, 6.45) is 57.3. The predicted octanol–water partition coefficient (Wildman–Crippen LogP) is 15.1. The molecule has 0 aromatic rings. The van der Waals surface area contributed by atoms with Crippen LogP contribution in [0.2, 0.25) is 0 Å². The van der Waals surface area contributed by atoms with Gasteiger partial charge in [-0.1, -0.05) is 183 Å². The Kier molecular flexibility index (Phi) is 43.1. The van der Waals surface area contributed by atoms with E-state index in [2.05, 4.69) is 99.0 Å². The van der Waals surface area contributed by atoms with Crippen LogP contribution in [-0.4, -0.2) is 74.3 Å². The van der Waals surface area contributed by atoms with Crippen molar-refractivity contribution in [2.45, 2.75) is 213 Å². The SMILES string of the molecule is CC/C=C\C/C=C\C/C=C\C/C=C\C/C=C\CCCC(=O)NC(COP(=O)(O)OCC[N+](C)(C)C)C(/C=C\CCCCCCCCCCC)OC(=O)CCCCCCC/C=C\CCCC. The summed E-state index contributed by atoms with van der Waals surface area (Å²) in [5.41, 5.74) is 0. The highest BCUT2D eigenvalue weighted by Gasteiger charge is 2.30. The zero-order valence-electron chi connectivity index (χ0n) is 42.4. The number of allylic oxidation sites excluding steroid dienone is 13. The molecule has 0 aromatic carbocycles. The van der Waals surface area contributed by atoms with Crippen LogP contribution in [0.4, 0.5) is 0 Å². The van der Waals surface area contributed by atoms with Crippen molar-refractivity contribution in [3.63, 3.8) is 0 Å². The Morgan fingerprint density at radius 1 is 0.554 bits per heavy atom. The highest BCUT2D eigenvalue weighted by molar-refractivity contribution is 7.47. The first-order valence-corrected chi connectivity index (χ1v) is 27.4. The molecule has 10 heteroatoms. The maximum absolute atomic E-state index is 13.4. The fraction of sp³-hybridized carbons (Fsp3) is 0.709. The maximum Gasteiger partial charge on any atom is 0.472 e. The van der Waals surface area contributed by atoms with E-state index in [1.807, 2.05) is 33.3 Å². The summed E-state index contributed by atoms with van der Waals surface area (Å²) in [4.78, 5) is 37.3. The van der Waals surface area contributed by atoms with Crippen LogP contribution >= 0.6 is 7.82 Å². The average molecular weight is 930 g/mol. The van der Waals surface area contributed by atoms with Gasteiger partial charge in [-0.15, -0.1) is 0 Å². The van der Waals surface area contributed by atoms with Gasteiger partial charge in [0.05, 0.1) is 33.8 Å². The number of ether oxygens (including phenoxy) is 1. The molecular weight excluding hydrogens is 832 g/mol. The van der Waals surface area contributed by atoms with E-state index in [1.54, 1.807) is 0 Å². The second-order valence-corrected chi connectivity index (χ2v) is 19.8. The molecule has 0 fully saturated rings. The number of nitrogens with one attached hydrogen (secondary N) is 1. The van der Waals surface area contributed by atoms with Crippen molar-refractivity contribution < 1.29 is 37.3 Å². The first kappa shape index (κ1) is 62.2.